The van der Waals surface area contributed by atoms with Crippen LogP contribution in [0.3, 0.4) is 0 Å². The number of cyclic esters (lactones) is 1. The van der Waals surface area contributed by atoms with Crippen molar-refractivity contribution >= 4 is 44.8 Å². The zero-order valence-electron chi connectivity index (χ0n) is 12.9. The number of hydrogen-bond acceptors (Lipinski definition) is 5. The normalized spacial score (nSPS) is 16.6. The number of carbonyl (C=O) groups is 2. The van der Waals surface area contributed by atoms with Crippen molar-refractivity contribution in [1.82, 2.24) is 0 Å². The van der Waals surface area contributed by atoms with Crippen LogP contribution in [0.25, 0.3) is 21.7 Å². The van der Waals surface area contributed by atoms with Gasteiger partial charge in [-0.05, 0) is 34.0 Å². The van der Waals surface area contributed by atoms with E-state index >= 15 is 0 Å². The van der Waals surface area contributed by atoms with Crippen LogP contribution in [0, 0.1) is 0 Å². The second-order valence-corrected chi connectivity index (χ2v) is 6.42. The number of esters is 1. The molecule has 5 heteroatoms. The number of benzene rings is 2. The van der Waals surface area contributed by atoms with Crippen molar-refractivity contribution in [2.24, 2.45) is 0 Å². The molecule has 2 heterocycles. The number of Topliss-reactive ketones (excluding diaryl/α,β-unsaturated/α-hetero) is 1. The maximum absolute atomic E-state index is 12.2. The van der Waals surface area contributed by atoms with Gasteiger partial charge in [-0.2, -0.15) is 0 Å². The third kappa shape index (κ3) is 2.64. The SMILES string of the molecule is O=C1O/C(=C\c2csc3ccccc23)C(O)=C(c2ccccc2)C1=O. The van der Waals surface area contributed by atoms with Crippen LogP contribution in [0.2, 0.25) is 0 Å². The number of aliphatic hydroxyl groups is 1. The summed E-state index contributed by atoms with van der Waals surface area (Å²) in [6.45, 7) is 0. The highest BCUT2D eigenvalue weighted by atomic mass is 32.1. The van der Waals surface area contributed by atoms with Crippen LogP contribution in [0.15, 0.2) is 71.5 Å². The lowest BCUT2D eigenvalue weighted by molar-refractivity contribution is -0.149. The molecule has 0 fully saturated rings. The van der Waals surface area contributed by atoms with Crippen LogP contribution in [0.4, 0.5) is 0 Å². The van der Waals surface area contributed by atoms with Crippen molar-refractivity contribution in [3.8, 4) is 0 Å². The minimum Gasteiger partial charge on any atom is -0.504 e. The third-order valence-corrected chi connectivity index (χ3v) is 4.93. The Hall–Kier alpha value is -3.18. The number of ether oxygens (including phenoxy) is 1. The van der Waals surface area contributed by atoms with Crippen LogP contribution in [0.5, 0.6) is 0 Å². The summed E-state index contributed by atoms with van der Waals surface area (Å²) in [5.74, 6) is -2.20. The van der Waals surface area contributed by atoms with Gasteiger partial charge in [0.05, 0.1) is 5.57 Å². The van der Waals surface area contributed by atoms with E-state index in [0.29, 0.717) is 5.56 Å². The molecule has 4 rings (SSSR count). The standard InChI is InChI=1S/C20H12O4S/c21-18-15(10-13-11-25-16-9-5-4-8-14(13)16)24-20(23)19(22)17(18)12-6-2-1-3-7-12/h1-11,21H/b15-10-. The molecule has 1 N–H and O–H groups in total. The van der Waals surface area contributed by atoms with Gasteiger partial charge in [0, 0.05) is 4.70 Å². The molecule has 0 atom stereocenters. The number of hydrogen-bond donors (Lipinski definition) is 1. The summed E-state index contributed by atoms with van der Waals surface area (Å²) in [6.07, 6.45) is 1.58. The smallest absolute Gasteiger partial charge is 0.385 e. The molecule has 0 bridgehead atoms. The van der Waals surface area contributed by atoms with Crippen molar-refractivity contribution < 1.29 is 19.4 Å². The number of rotatable bonds is 2. The predicted molar refractivity (Wildman–Crippen MR) is 96.9 cm³/mol. The number of thiophene rings is 1. The number of ketones is 1. The Morgan fingerprint density at radius 1 is 0.960 bits per heavy atom. The van der Waals surface area contributed by atoms with Crippen LogP contribution >= 0.6 is 11.3 Å². The van der Waals surface area contributed by atoms with Gasteiger partial charge in [0.1, 0.15) is 0 Å². The second-order valence-electron chi connectivity index (χ2n) is 5.50. The Morgan fingerprint density at radius 3 is 2.48 bits per heavy atom. The second kappa shape index (κ2) is 6.03. The molecule has 25 heavy (non-hydrogen) atoms. The summed E-state index contributed by atoms with van der Waals surface area (Å²) in [7, 11) is 0. The molecular formula is C20H12O4S. The zero-order chi connectivity index (χ0) is 17.4. The molecular weight excluding hydrogens is 336 g/mol. The molecule has 1 aliphatic rings. The Kier molecular flexibility index (Phi) is 3.71. The van der Waals surface area contributed by atoms with Crippen molar-refractivity contribution in [2.45, 2.75) is 0 Å². The molecule has 4 nitrogen and oxygen atoms in total. The van der Waals surface area contributed by atoms with E-state index in [1.807, 2.05) is 29.6 Å². The highest BCUT2D eigenvalue weighted by Gasteiger charge is 2.34. The fourth-order valence-corrected chi connectivity index (χ4v) is 3.67. The number of fused-ring (bicyclic) bond motifs is 1. The Balaban J connectivity index is 1.88. The van der Waals surface area contributed by atoms with Gasteiger partial charge in [0.25, 0.3) is 5.78 Å². The average Bonchev–Trinajstić information content (AvgIpc) is 3.04. The van der Waals surface area contributed by atoms with E-state index in [0.717, 1.165) is 15.6 Å². The maximum atomic E-state index is 12.2. The maximum Gasteiger partial charge on any atom is 0.385 e. The zero-order valence-corrected chi connectivity index (χ0v) is 13.7. The van der Waals surface area contributed by atoms with E-state index in [9.17, 15) is 14.7 Å². The van der Waals surface area contributed by atoms with E-state index in [4.69, 9.17) is 4.74 Å². The Morgan fingerprint density at radius 2 is 1.68 bits per heavy atom. The molecule has 0 spiro atoms. The summed E-state index contributed by atoms with van der Waals surface area (Å²) < 4.78 is 6.14. The highest BCUT2D eigenvalue weighted by Crippen LogP contribution is 2.33. The topological polar surface area (TPSA) is 63.6 Å². The monoisotopic (exact) mass is 348 g/mol. The van der Waals surface area contributed by atoms with Crippen LogP contribution < -0.4 is 0 Å². The molecule has 2 aromatic carbocycles. The van der Waals surface area contributed by atoms with E-state index in [1.54, 1.807) is 47.7 Å². The third-order valence-electron chi connectivity index (χ3n) is 3.95. The Labute approximate surface area is 147 Å². The molecule has 0 saturated heterocycles. The van der Waals surface area contributed by atoms with Crippen molar-refractivity contribution in [2.75, 3.05) is 0 Å². The first-order valence-corrected chi connectivity index (χ1v) is 8.46. The minimum atomic E-state index is -0.998. The van der Waals surface area contributed by atoms with Crippen molar-refractivity contribution in [1.29, 1.82) is 0 Å². The molecule has 0 radical (unpaired) electrons. The van der Waals surface area contributed by atoms with Crippen LogP contribution in [-0.4, -0.2) is 16.9 Å². The summed E-state index contributed by atoms with van der Waals surface area (Å²) in [6, 6.07) is 16.4. The number of carbonyl (C=O) groups excluding carboxylic acids is 2. The lowest BCUT2D eigenvalue weighted by Crippen LogP contribution is -2.25. The van der Waals surface area contributed by atoms with Gasteiger partial charge in [-0.3, -0.25) is 4.79 Å². The number of aliphatic hydroxyl groups excluding tert-OH is 1. The molecule has 0 unspecified atom stereocenters. The van der Waals surface area contributed by atoms with Gasteiger partial charge in [-0.25, -0.2) is 4.79 Å². The summed E-state index contributed by atoms with van der Waals surface area (Å²) >= 11 is 1.55. The summed E-state index contributed by atoms with van der Waals surface area (Å²) in [4.78, 5) is 24.1. The molecule has 1 aromatic heterocycles. The largest absolute Gasteiger partial charge is 0.504 e. The average molecular weight is 348 g/mol. The van der Waals surface area contributed by atoms with Gasteiger partial charge in [0.15, 0.2) is 11.5 Å². The van der Waals surface area contributed by atoms with Gasteiger partial charge < -0.3 is 9.84 Å². The van der Waals surface area contributed by atoms with Crippen LogP contribution in [0.1, 0.15) is 11.1 Å². The Bertz CT molecular complexity index is 1060. The predicted octanol–water partition coefficient (Wildman–Crippen LogP) is 4.34. The lowest BCUT2D eigenvalue weighted by Gasteiger charge is -2.17. The summed E-state index contributed by atoms with van der Waals surface area (Å²) in [5.41, 5.74) is 1.25. The van der Waals surface area contributed by atoms with E-state index in [2.05, 4.69) is 0 Å². The van der Waals surface area contributed by atoms with Crippen LogP contribution in [-0.2, 0) is 14.3 Å². The first-order valence-electron chi connectivity index (χ1n) is 7.58. The molecule has 0 aliphatic carbocycles. The molecule has 0 saturated carbocycles. The minimum absolute atomic E-state index is 0.0213. The van der Waals surface area contributed by atoms with Gasteiger partial charge in [0.2, 0.25) is 0 Å². The molecule has 3 aromatic rings. The lowest BCUT2D eigenvalue weighted by atomic mass is 9.97. The highest BCUT2D eigenvalue weighted by molar-refractivity contribution is 7.17. The van der Waals surface area contributed by atoms with Crippen molar-refractivity contribution in [3.63, 3.8) is 0 Å². The van der Waals surface area contributed by atoms with Crippen molar-refractivity contribution in [3.05, 3.63) is 82.6 Å². The van der Waals surface area contributed by atoms with E-state index in [-0.39, 0.29) is 17.1 Å². The van der Waals surface area contributed by atoms with Gasteiger partial charge >= 0.3 is 5.97 Å². The quantitative estimate of drug-likeness (QED) is 0.553. The first-order chi connectivity index (χ1) is 12.1. The fourth-order valence-electron chi connectivity index (χ4n) is 2.75. The molecule has 1 aliphatic heterocycles. The van der Waals surface area contributed by atoms with E-state index < -0.39 is 11.8 Å². The fraction of sp³-hybridized carbons (Fsp3) is 0. The summed E-state index contributed by atoms with van der Waals surface area (Å²) in [5, 5.41) is 13.5. The first kappa shape index (κ1) is 15.4. The van der Waals surface area contributed by atoms with Gasteiger partial charge in [-0.1, -0.05) is 48.5 Å². The van der Waals surface area contributed by atoms with E-state index in [1.165, 1.54) is 0 Å². The van der Waals surface area contributed by atoms with Gasteiger partial charge in [-0.15, -0.1) is 11.3 Å². The molecule has 0 amide bonds. The molecule has 122 valence electrons.